The summed E-state index contributed by atoms with van der Waals surface area (Å²) in [5, 5.41) is 9.56. The standard InChI is InChI=1S/C18H20F2N4OS/c1-25-6-2-11-10-24(5-4-21-11)17-12-3-7-26-18(12)23-16-9-14(20)13(19)8-15(16)22-17/h3,7-9,11,21,23H,2,4-6,10H2,1H3. The maximum Gasteiger partial charge on any atom is 0.161 e. The number of nitrogens with zero attached hydrogens (tertiary/aromatic N) is 2. The Bertz CT molecular complexity index is 839. The van der Waals surface area contributed by atoms with E-state index >= 15 is 0 Å². The topological polar surface area (TPSA) is 48.9 Å². The van der Waals surface area contributed by atoms with E-state index < -0.39 is 11.6 Å². The van der Waals surface area contributed by atoms with E-state index in [0.717, 1.165) is 48.5 Å². The van der Waals surface area contributed by atoms with E-state index in [-0.39, 0.29) is 0 Å². The zero-order valence-electron chi connectivity index (χ0n) is 14.4. The summed E-state index contributed by atoms with van der Waals surface area (Å²) in [4.78, 5) is 6.92. The van der Waals surface area contributed by atoms with Crippen LogP contribution in [0.4, 0.5) is 25.2 Å². The van der Waals surface area contributed by atoms with Gasteiger partial charge in [-0.05, 0) is 17.9 Å². The van der Waals surface area contributed by atoms with Crippen LogP contribution in [0.15, 0.2) is 28.6 Å². The van der Waals surface area contributed by atoms with Crippen LogP contribution in [0.2, 0.25) is 0 Å². The highest BCUT2D eigenvalue weighted by molar-refractivity contribution is 7.14. The second-order valence-electron chi connectivity index (χ2n) is 6.39. The quantitative estimate of drug-likeness (QED) is 0.859. The fourth-order valence-electron chi connectivity index (χ4n) is 3.32. The molecule has 0 spiro atoms. The van der Waals surface area contributed by atoms with Gasteiger partial charge in [-0.15, -0.1) is 11.3 Å². The molecule has 1 unspecified atom stereocenters. The number of thiophene rings is 1. The number of fused-ring (bicyclic) bond motifs is 2. The molecule has 0 radical (unpaired) electrons. The second kappa shape index (κ2) is 7.30. The molecule has 2 aliphatic heterocycles. The van der Waals surface area contributed by atoms with Gasteiger partial charge in [-0.1, -0.05) is 0 Å². The molecule has 2 aromatic rings. The molecule has 2 aliphatic rings. The number of methoxy groups -OCH3 is 1. The summed E-state index contributed by atoms with van der Waals surface area (Å²) in [6.07, 6.45) is 0.908. The number of nitrogens with one attached hydrogen (secondary N) is 2. The van der Waals surface area contributed by atoms with E-state index in [1.54, 1.807) is 7.11 Å². The minimum Gasteiger partial charge on any atom is -0.385 e. The molecule has 1 aromatic carbocycles. The Kier molecular flexibility index (Phi) is 4.88. The Morgan fingerprint density at radius 1 is 1.35 bits per heavy atom. The average molecular weight is 378 g/mol. The van der Waals surface area contributed by atoms with Crippen molar-refractivity contribution in [2.75, 3.05) is 38.7 Å². The molecule has 2 N–H and O–H groups in total. The fraction of sp³-hybridized carbons (Fsp3) is 0.389. The van der Waals surface area contributed by atoms with Gasteiger partial charge in [-0.25, -0.2) is 13.8 Å². The molecule has 5 nitrogen and oxygen atoms in total. The lowest BCUT2D eigenvalue weighted by molar-refractivity contribution is 0.168. The van der Waals surface area contributed by atoms with Crippen LogP contribution >= 0.6 is 11.3 Å². The lowest BCUT2D eigenvalue weighted by Crippen LogP contribution is -2.53. The van der Waals surface area contributed by atoms with Crippen molar-refractivity contribution in [3.05, 3.63) is 40.8 Å². The molecule has 0 saturated carbocycles. The van der Waals surface area contributed by atoms with E-state index in [9.17, 15) is 8.78 Å². The average Bonchev–Trinajstić information content (AvgIpc) is 3.04. The van der Waals surface area contributed by atoms with E-state index in [0.29, 0.717) is 24.0 Å². The smallest absolute Gasteiger partial charge is 0.161 e. The largest absolute Gasteiger partial charge is 0.385 e. The summed E-state index contributed by atoms with van der Waals surface area (Å²) >= 11 is 1.52. The van der Waals surface area contributed by atoms with Crippen LogP contribution in [0, 0.1) is 11.6 Å². The van der Waals surface area contributed by atoms with Crippen molar-refractivity contribution in [2.45, 2.75) is 12.5 Å². The number of amidine groups is 1. The van der Waals surface area contributed by atoms with E-state index in [1.165, 1.54) is 17.4 Å². The minimum atomic E-state index is -0.891. The number of benzene rings is 1. The van der Waals surface area contributed by atoms with Crippen molar-refractivity contribution in [1.29, 1.82) is 0 Å². The molecule has 0 aliphatic carbocycles. The summed E-state index contributed by atoms with van der Waals surface area (Å²) in [7, 11) is 1.70. The first-order chi connectivity index (χ1) is 12.7. The molecule has 1 fully saturated rings. The maximum atomic E-state index is 13.8. The molecule has 3 heterocycles. The van der Waals surface area contributed by atoms with Gasteiger partial charge in [0.2, 0.25) is 0 Å². The lowest BCUT2D eigenvalue weighted by atomic mass is 10.1. The van der Waals surface area contributed by atoms with Crippen molar-refractivity contribution in [3.63, 3.8) is 0 Å². The molecular weight excluding hydrogens is 358 g/mol. The third-order valence-corrected chi connectivity index (χ3v) is 5.47. The van der Waals surface area contributed by atoms with Crippen LogP contribution in [0.1, 0.15) is 12.0 Å². The van der Waals surface area contributed by atoms with Crippen molar-refractivity contribution in [2.24, 2.45) is 4.99 Å². The molecule has 8 heteroatoms. The normalized spacial score (nSPS) is 19.3. The van der Waals surface area contributed by atoms with Crippen LogP contribution in [-0.4, -0.2) is 50.1 Å². The van der Waals surface area contributed by atoms with Crippen molar-refractivity contribution >= 4 is 33.5 Å². The third-order valence-electron chi connectivity index (χ3n) is 4.64. The monoisotopic (exact) mass is 378 g/mol. The summed E-state index contributed by atoms with van der Waals surface area (Å²) in [6.45, 7) is 3.12. The Hall–Kier alpha value is -2.03. The van der Waals surface area contributed by atoms with Crippen molar-refractivity contribution in [3.8, 4) is 0 Å². The summed E-state index contributed by atoms with van der Waals surface area (Å²) < 4.78 is 32.6. The van der Waals surface area contributed by atoms with Gasteiger partial charge < -0.3 is 20.3 Å². The number of halogens is 2. The van der Waals surface area contributed by atoms with Gasteiger partial charge in [0.05, 0.1) is 16.9 Å². The van der Waals surface area contributed by atoms with Crippen molar-refractivity contribution in [1.82, 2.24) is 10.2 Å². The summed E-state index contributed by atoms with van der Waals surface area (Å²) in [5.41, 5.74) is 1.85. The number of anilines is 2. The van der Waals surface area contributed by atoms with Crippen LogP contribution in [0.25, 0.3) is 0 Å². The SMILES string of the molecule is COCCC1CN(C2=Nc3cc(F)c(F)cc3Nc3sccc32)CCN1. The van der Waals surface area contributed by atoms with Gasteiger partial charge in [0, 0.05) is 51.5 Å². The highest BCUT2D eigenvalue weighted by atomic mass is 32.1. The molecule has 1 saturated heterocycles. The number of aliphatic imine (C=N–C) groups is 1. The Morgan fingerprint density at radius 2 is 2.19 bits per heavy atom. The first-order valence-electron chi connectivity index (χ1n) is 8.55. The molecule has 4 rings (SSSR count). The van der Waals surface area contributed by atoms with Gasteiger partial charge in [-0.3, -0.25) is 0 Å². The van der Waals surface area contributed by atoms with Crippen LogP contribution < -0.4 is 10.6 Å². The van der Waals surface area contributed by atoms with Gasteiger partial charge in [0.1, 0.15) is 10.8 Å². The number of ether oxygens (including phenoxy) is 1. The van der Waals surface area contributed by atoms with Gasteiger partial charge in [0.25, 0.3) is 0 Å². The first-order valence-corrected chi connectivity index (χ1v) is 9.43. The summed E-state index contributed by atoms with van der Waals surface area (Å²) in [5.74, 6) is -0.977. The Morgan fingerprint density at radius 3 is 3.04 bits per heavy atom. The number of piperazine rings is 1. The third kappa shape index (κ3) is 3.32. The zero-order valence-corrected chi connectivity index (χ0v) is 15.2. The Balaban J connectivity index is 1.71. The van der Waals surface area contributed by atoms with Crippen LogP contribution in [0.5, 0.6) is 0 Å². The zero-order chi connectivity index (χ0) is 18.1. The summed E-state index contributed by atoms with van der Waals surface area (Å²) in [6, 6.07) is 4.61. The number of hydrogen-bond acceptors (Lipinski definition) is 6. The van der Waals surface area contributed by atoms with Gasteiger partial charge >= 0.3 is 0 Å². The van der Waals surface area contributed by atoms with Crippen molar-refractivity contribution < 1.29 is 13.5 Å². The fourth-order valence-corrected chi connectivity index (χ4v) is 4.12. The molecule has 138 valence electrons. The maximum absolute atomic E-state index is 13.8. The molecule has 0 amide bonds. The molecular formula is C18H20F2N4OS. The van der Waals surface area contributed by atoms with Gasteiger partial charge in [-0.2, -0.15) is 0 Å². The molecule has 1 atom stereocenters. The molecule has 1 aromatic heterocycles. The Labute approximate surface area is 154 Å². The highest BCUT2D eigenvalue weighted by Crippen LogP contribution is 2.38. The van der Waals surface area contributed by atoms with E-state index in [4.69, 9.17) is 9.73 Å². The highest BCUT2D eigenvalue weighted by Gasteiger charge is 2.27. The second-order valence-corrected chi connectivity index (χ2v) is 7.30. The van der Waals surface area contributed by atoms with E-state index in [1.807, 2.05) is 11.4 Å². The van der Waals surface area contributed by atoms with Crippen LogP contribution in [0.3, 0.4) is 0 Å². The number of hydrogen-bond donors (Lipinski definition) is 2. The van der Waals surface area contributed by atoms with E-state index in [2.05, 4.69) is 15.5 Å². The van der Waals surface area contributed by atoms with Gasteiger partial charge in [0.15, 0.2) is 11.6 Å². The van der Waals surface area contributed by atoms with Crippen LogP contribution in [-0.2, 0) is 4.74 Å². The molecule has 0 bridgehead atoms. The minimum absolute atomic E-state index is 0.300. The molecule has 26 heavy (non-hydrogen) atoms. The number of rotatable bonds is 3. The predicted octanol–water partition coefficient (Wildman–Crippen LogP) is 3.47. The first kappa shape index (κ1) is 17.4. The predicted molar refractivity (Wildman–Crippen MR) is 100 cm³/mol. The lowest BCUT2D eigenvalue weighted by Gasteiger charge is -2.35.